The Morgan fingerprint density at radius 1 is 0.913 bits per heavy atom. The first-order chi connectivity index (χ1) is 9.58. The molecule has 1 aromatic heterocycles. The maximum absolute atomic E-state index is 4.79. The van der Waals surface area contributed by atoms with Gasteiger partial charge in [-0.2, -0.15) is 27.8 Å². The number of halogens is 2. The number of fused-ring (bicyclic) bond motifs is 1. The van der Waals surface area contributed by atoms with E-state index in [0.29, 0.717) is 0 Å². The van der Waals surface area contributed by atoms with E-state index in [4.69, 9.17) is 4.98 Å². The van der Waals surface area contributed by atoms with Gasteiger partial charge in [0.25, 0.3) is 0 Å². The Balaban J connectivity index is 0.00000161. The van der Waals surface area contributed by atoms with Gasteiger partial charge in [0, 0.05) is 11.1 Å². The van der Waals surface area contributed by atoms with Crippen molar-refractivity contribution in [2.75, 3.05) is 0 Å². The standard InChI is InChI=1S/C19H20N.2ClH.Cr/c1-12-13(2)15(4)18(14(12)3)11-17-10-9-16-7-5-6-8-19(16)20-17;;;/h5-10H,11H2,1-4H3;2*1H;/q-1;;;+3/p-2. The summed E-state index contributed by atoms with van der Waals surface area (Å²) in [4.78, 5) is 4.79. The van der Waals surface area contributed by atoms with E-state index in [2.05, 4.69) is 58.0 Å². The van der Waals surface area contributed by atoms with Gasteiger partial charge in [-0.1, -0.05) is 52.0 Å². The minimum Gasteiger partial charge on any atom is -1.00 e. The Kier molecular flexibility index (Phi) is 8.46. The van der Waals surface area contributed by atoms with Crippen LogP contribution >= 0.6 is 0 Å². The Morgan fingerprint density at radius 2 is 1.57 bits per heavy atom. The van der Waals surface area contributed by atoms with E-state index >= 15 is 0 Å². The predicted octanol–water partition coefficient (Wildman–Crippen LogP) is -1.22. The summed E-state index contributed by atoms with van der Waals surface area (Å²) in [5.74, 6) is 0. The molecule has 0 atom stereocenters. The Labute approximate surface area is 161 Å². The zero-order valence-electron chi connectivity index (χ0n) is 13.8. The molecular weight excluding hydrogens is 365 g/mol. The van der Waals surface area contributed by atoms with Crippen molar-refractivity contribution >= 4 is 10.9 Å². The van der Waals surface area contributed by atoms with Crippen LogP contribution in [0.15, 0.2) is 36.4 Å². The number of aromatic nitrogens is 1. The van der Waals surface area contributed by atoms with Gasteiger partial charge in [-0.05, 0) is 18.6 Å². The van der Waals surface area contributed by atoms with Gasteiger partial charge in [0.05, 0.1) is 5.52 Å². The second kappa shape index (κ2) is 8.81. The van der Waals surface area contributed by atoms with E-state index in [-0.39, 0.29) is 42.2 Å². The summed E-state index contributed by atoms with van der Waals surface area (Å²) in [7, 11) is 0. The predicted molar refractivity (Wildman–Crippen MR) is 85.5 cm³/mol. The van der Waals surface area contributed by atoms with Crippen molar-refractivity contribution in [3.8, 4) is 0 Å². The third kappa shape index (κ3) is 4.14. The van der Waals surface area contributed by atoms with Gasteiger partial charge in [0.1, 0.15) is 0 Å². The molecule has 0 fully saturated rings. The molecule has 4 heteroatoms. The SMILES string of the molecule is Cc1c(C)c(Cc2ccc3ccccc3n2)[c-](C)c1C.[Cl-].[Cl-].[Cr+3]. The average Bonchev–Trinajstić information content (AvgIpc) is 2.65. The largest absolute Gasteiger partial charge is 3.00 e. The van der Waals surface area contributed by atoms with Crippen LogP contribution in [-0.2, 0) is 23.8 Å². The zero-order valence-corrected chi connectivity index (χ0v) is 16.6. The average molecular weight is 385 g/mol. The molecule has 0 N–H and O–H groups in total. The minimum absolute atomic E-state index is 0. The summed E-state index contributed by atoms with van der Waals surface area (Å²) in [6.45, 7) is 8.89. The smallest absolute Gasteiger partial charge is 1.00 e. The molecule has 121 valence electrons. The van der Waals surface area contributed by atoms with Crippen molar-refractivity contribution in [1.29, 1.82) is 0 Å². The van der Waals surface area contributed by atoms with Crippen molar-refractivity contribution in [2.45, 2.75) is 34.1 Å². The Morgan fingerprint density at radius 3 is 2.17 bits per heavy atom. The fourth-order valence-electron chi connectivity index (χ4n) is 2.95. The molecular formula is C19H20Cl2CrN. The van der Waals surface area contributed by atoms with E-state index in [1.807, 2.05) is 6.07 Å². The number of pyridine rings is 1. The van der Waals surface area contributed by atoms with Crippen LogP contribution in [0.3, 0.4) is 0 Å². The quantitative estimate of drug-likeness (QED) is 0.505. The monoisotopic (exact) mass is 384 g/mol. The molecule has 0 saturated carbocycles. The van der Waals surface area contributed by atoms with Crippen LogP contribution in [0.25, 0.3) is 10.9 Å². The number of rotatable bonds is 2. The first-order valence-electron chi connectivity index (χ1n) is 7.14. The van der Waals surface area contributed by atoms with Crippen LogP contribution < -0.4 is 24.8 Å². The summed E-state index contributed by atoms with van der Waals surface area (Å²) in [6, 6.07) is 12.6. The van der Waals surface area contributed by atoms with Crippen molar-refractivity contribution in [1.82, 2.24) is 4.98 Å². The fraction of sp³-hybridized carbons (Fsp3) is 0.263. The third-order valence-corrected chi connectivity index (χ3v) is 4.61. The maximum atomic E-state index is 4.79. The molecule has 0 spiro atoms. The van der Waals surface area contributed by atoms with E-state index in [0.717, 1.165) is 17.6 Å². The van der Waals surface area contributed by atoms with Gasteiger partial charge in [-0.3, -0.25) is 4.98 Å². The van der Waals surface area contributed by atoms with E-state index in [1.165, 1.54) is 33.2 Å². The fourth-order valence-corrected chi connectivity index (χ4v) is 2.95. The van der Waals surface area contributed by atoms with Crippen LogP contribution in [0.4, 0.5) is 0 Å². The van der Waals surface area contributed by atoms with E-state index in [9.17, 15) is 0 Å². The number of para-hydroxylation sites is 1. The second-order valence-corrected chi connectivity index (χ2v) is 5.65. The van der Waals surface area contributed by atoms with Crippen LogP contribution in [0.2, 0.25) is 0 Å². The van der Waals surface area contributed by atoms with E-state index < -0.39 is 0 Å². The number of hydrogen-bond acceptors (Lipinski definition) is 1. The normalized spacial score (nSPS) is 9.74. The summed E-state index contributed by atoms with van der Waals surface area (Å²) >= 11 is 0. The number of benzene rings is 1. The summed E-state index contributed by atoms with van der Waals surface area (Å²) in [6.07, 6.45) is 0.928. The van der Waals surface area contributed by atoms with Gasteiger partial charge in [0.15, 0.2) is 0 Å². The summed E-state index contributed by atoms with van der Waals surface area (Å²) in [5, 5.41) is 1.21. The number of hydrogen-bond donors (Lipinski definition) is 0. The second-order valence-electron chi connectivity index (χ2n) is 5.65. The minimum atomic E-state index is 0. The number of nitrogens with zero attached hydrogens (tertiary/aromatic N) is 1. The van der Waals surface area contributed by atoms with Crippen molar-refractivity contribution < 1.29 is 42.2 Å². The van der Waals surface area contributed by atoms with Gasteiger partial charge < -0.3 is 24.8 Å². The van der Waals surface area contributed by atoms with Crippen molar-refractivity contribution in [2.24, 2.45) is 0 Å². The Bertz CT molecular complexity index is 768. The molecule has 0 aliphatic rings. The summed E-state index contributed by atoms with van der Waals surface area (Å²) in [5.41, 5.74) is 9.39. The molecule has 0 unspecified atom stereocenters. The van der Waals surface area contributed by atoms with Crippen LogP contribution in [-0.4, -0.2) is 4.98 Å². The topological polar surface area (TPSA) is 12.9 Å². The van der Waals surface area contributed by atoms with Gasteiger partial charge >= 0.3 is 17.4 Å². The maximum Gasteiger partial charge on any atom is 3.00 e. The van der Waals surface area contributed by atoms with Gasteiger partial charge in [0.2, 0.25) is 0 Å². The molecule has 1 radical (unpaired) electrons. The molecule has 0 saturated heterocycles. The molecule has 0 amide bonds. The third-order valence-electron chi connectivity index (χ3n) is 4.61. The molecule has 3 aromatic rings. The Hall–Kier alpha value is -0.908. The molecule has 1 heterocycles. The molecule has 2 aromatic carbocycles. The first kappa shape index (κ1) is 22.1. The van der Waals surface area contributed by atoms with E-state index in [1.54, 1.807) is 0 Å². The molecule has 0 aliphatic carbocycles. The zero-order chi connectivity index (χ0) is 14.3. The van der Waals surface area contributed by atoms with Crippen molar-refractivity contribution in [3.05, 3.63) is 69.9 Å². The van der Waals surface area contributed by atoms with Gasteiger partial charge in [-0.25, -0.2) is 0 Å². The molecule has 23 heavy (non-hydrogen) atoms. The van der Waals surface area contributed by atoms with Crippen LogP contribution in [0, 0.1) is 27.7 Å². The molecule has 0 aliphatic heterocycles. The first-order valence-corrected chi connectivity index (χ1v) is 7.14. The summed E-state index contributed by atoms with van der Waals surface area (Å²) < 4.78 is 0. The van der Waals surface area contributed by atoms with Crippen LogP contribution in [0.1, 0.15) is 33.5 Å². The molecule has 1 nitrogen and oxygen atoms in total. The van der Waals surface area contributed by atoms with Crippen molar-refractivity contribution in [3.63, 3.8) is 0 Å². The van der Waals surface area contributed by atoms with Gasteiger partial charge in [-0.15, -0.1) is 0 Å². The molecule has 3 rings (SSSR count). The van der Waals surface area contributed by atoms with Crippen LogP contribution in [0.5, 0.6) is 0 Å². The molecule has 0 bridgehead atoms.